The lowest BCUT2D eigenvalue weighted by Crippen LogP contribution is -1.83. The molecule has 13 heavy (non-hydrogen) atoms. The van der Waals surface area contributed by atoms with Crippen LogP contribution in [0.5, 0.6) is 0 Å². The van der Waals surface area contributed by atoms with E-state index in [9.17, 15) is 4.79 Å². The lowest BCUT2D eigenvalue weighted by atomic mass is 10.4. The van der Waals surface area contributed by atoms with Crippen LogP contribution in [-0.4, -0.2) is 25.8 Å². The summed E-state index contributed by atoms with van der Waals surface area (Å²) in [4.78, 5) is 31.3. The summed E-state index contributed by atoms with van der Waals surface area (Å²) in [5.41, 5.74) is 0. The van der Waals surface area contributed by atoms with Crippen molar-refractivity contribution in [3.05, 3.63) is 24.3 Å². The number of carboxylic acids is 1. The molecule has 0 aliphatic heterocycles. The van der Waals surface area contributed by atoms with Crippen molar-refractivity contribution in [3.8, 4) is 0 Å². The van der Waals surface area contributed by atoms with Crippen LogP contribution in [0.3, 0.4) is 0 Å². The maximum Gasteiger partial charge on any atom is 0.466 e. The summed E-state index contributed by atoms with van der Waals surface area (Å²) in [6, 6.07) is 0. The Balaban J connectivity index is 0. The molecule has 0 aromatic carbocycles. The Kier molecular flexibility index (Phi) is 8.63. The van der Waals surface area contributed by atoms with Gasteiger partial charge in [0.15, 0.2) is 0 Å². The van der Waals surface area contributed by atoms with Gasteiger partial charge in [0.25, 0.3) is 0 Å². The first-order chi connectivity index (χ1) is 5.77. The van der Waals surface area contributed by atoms with Crippen LogP contribution in [0.2, 0.25) is 0 Å². The summed E-state index contributed by atoms with van der Waals surface area (Å²) < 4.78 is 8.88. The number of hydrogen-bond acceptors (Lipinski definition) is 2. The molecule has 0 rings (SSSR count). The maximum atomic E-state index is 9.75. The van der Waals surface area contributed by atoms with Gasteiger partial charge >= 0.3 is 13.8 Å². The zero-order valence-electron chi connectivity index (χ0n) is 6.86. The van der Waals surface area contributed by atoms with Crippen molar-refractivity contribution in [2.24, 2.45) is 0 Å². The number of hydrogen-bond donors (Lipinski definition) is 4. The first-order valence-electron chi connectivity index (χ1n) is 3.08. The average Bonchev–Trinajstić information content (AvgIpc) is 1.83. The van der Waals surface area contributed by atoms with Crippen molar-refractivity contribution in [2.45, 2.75) is 6.92 Å². The molecule has 0 unspecified atom stereocenters. The third-order valence-corrected chi connectivity index (χ3v) is 0.542. The third kappa shape index (κ3) is 55.1. The molecule has 0 spiro atoms. The molecule has 4 N–H and O–H groups in total. The van der Waals surface area contributed by atoms with E-state index in [0.29, 0.717) is 0 Å². The highest BCUT2D eigenvalue weighted by molar-refractivity contribution is 7.45. The zero-order chi connectivity index (χ0) is 10.9. The number of rotatable bonds is 2. The van der Waals surface area contributed by atoms with Gasteiger partial charge in [-0.2, -0.15) is 0 Å². The van der Waals surface area contributed by atoms with E-state index in [1.165, 1.54) is 6.08 Å². The van der Waals surface area contributed by atoms with Crippen LogP contribution >= 0.6 is 7.82 Å². The second-order valence-corrected chi connectivity index (χ2v) is 2.76. The average molecular weight is 210 g/mol. The SMILES string of the molecule is C/C=C/C=C/C(=O)O.O=P(O)(O)O. The maximum absolute atomic E-state index is 9.75. The summed E-state index contributed by atoms with van der Waals surface area (Å²) in [6.45, 7) is 1.83. The van der Waals surface area contributed by atoms with Crippen LogP contribution < -0.4 is 0 Å². The topological polar surface area (TPSA) is 115 Å². The van der Waals surface area contributed by atoms with Crippen molar-refractivity contribution in [1.29, 1.82) is 0 Å². The summed E-state index contributed by atoms with van der Waals surface area (Å²) in [5.74, 6) is -0.914. The smallest absolute Gasteiger partial charge is 0.466 e. The molecule has 0 heterocycles. The van der Waals surface area contributed by atoms with Crippen LogP contribution in [0.15, 0.2) is 24.3 Å². The second kappa shape index (κ2) is 7.70. The van der Waals surface area contributed by atoms with Gasteiger partial charge in [0.2, 0.25) is 0 Å². The molecule has 0 fully saturated rings. The summed E-state index contributed by atoms with van der Waals surface area (Å²) >= 11 is 0. The molecule has 0 saturated carbocycles. The zero-order valence-corrected chi connectivity index (χ0v) is 7.76. The summed E-state index contributed by atoms with van der Waals surface area (Å²) in [7, 11) is -4.64. The fraction of sp³-hybridized carbons (Fsp3) is 0.167. The van der Waals surface area contributed by atoms with Gasteiger partial charge in [0, 0.05) is 6.08 Å². The number of phosphoric acid groups is 1. The molecule has 0 bridgehead atoms. The Morgan fingerprint density at radius 1 is 1.23 bits per heavy atom. The Bertz CT molecular complexity index is 229. The molecule has 0 atom stereocenters. The van der Waals surface area contributed by atoms with E-state index in [2.05, 4.69) is 0 Å². The minimum atomic E-state index is -4.64. The first-order valence-corrected chi connectivity index (χ1v) is 4.64. The largest absolute Gasteiger partial charge is 0.478 e. The first kappa shape index (κ1) is 14.6. The van der Waals surface area contributed by atoms with E-state index in [4.69, 9.17) is 24.4 Å². The van der Waals surface area contributed by atoms with Crippen LogP contribution in [-0.2, 0) is 9.36 Å². The lowest BCUT2D eigenvalue weighted by Gasteiger charge is -1.82. The minimum absolute atomic E-state index is 0.914. The van der Waals surface area contributed by atoms with Crippen molar-refractivity contribution >= 4 is 13.8 Å². The van der Waals surface area contributed by atoms with Crippen LogP contribution in [0.1, 0.15) is 6.92 Å². The molecular formula is C6H11O6P. The van der Waals surface area contributed by atoms with Crippen molar-refractivity contribution in [2.75, 3.05) is 0 Å². The molecular weight excluding hydrogens is 199 g/mol. The van der Waals surface area contributed by atoms with E-state index in [0.717, 1.165) is 6.08 Å². The van der Waals surface area contributed by atoms with Crippen molar-refractivity contribution in [3.63, 3.8) is 0 Å². The molecule has 76 valence electrons. The fourth-order valence-corrected chi connectivity index (χ4v) is 0.249. The Morgan fingerprint density at radius 3 is 1.85 bits per heavy atom. The van der Waals surface area contributed by atoms with Gasteiger partial charge in [0.05, 0.1) is 0 Å². The Morgan fingerprint density at radius 2 is 1.62 bits per heavy atom. The molecule has 0 saturated heterocycles. The van der Waals surface area contributed by atoms with Crippen molar-refractivity contribution in [1.82, 2.24) is 0 Å². The highest BCUT2D eigenvalue weighted by Crippen LogP contribution is 2.25. The Labute approximate surface area is 75.1 Å². The molecule has 0 aromatic heterocycles. The summed E-state index contributed by atoms with van der Waals surface area (Å²) in [6.07, 6.45) is 5.98. The monoisotopic (exact) mass is 210 g/mol. The van der Waals surface area contributed by atoms with Crippen LogP contribution in [0.25, 0.3) is 0 Å². The molecule has 0 amide bonds. The minimum Gasteiger partial charge on any atom is -0.478 e. The van der Waals surface area contributed by atoms with Gasteiger partial charge < -0.3 is 19.8 Å². The highest BCUT2D eigenvalue weighted by Gasteiger charge is 2.00. The predicted molar refractivity (Wildman–Crippen MR) is 45.9 cm³/mol. The van der Waals surface area contributed by atoms with Gasteiger partial charge in [-0.3, -0.25) is 0 Å². The second-order valence-electron chi connectivity index (χ2n) is 1.74. The van der Waals surface area contributed by atoms with Gasteiger partial charge in [0.1, 0.15) is 0 Å². The quantitative estimate of drug-likeness (QED) is 0.295. The van der Waals surface area contributed by atoms with E-state index >= 15 is 0 Å². The number of carboxylic acid groups (broad SMARTS) is 1. The predicted octanol–water partition coefficient (Wildman–Crippen LogP) is 0.275. The standard InChI is InChI=1S/C6H8O2.H3O4P/c1-2-3-4-5-6(7)8;1-5(2,3)4/h2-5H,1H3,(H,7,8);(H3,1,2,3,4)/b3-2+,5-4+;. The normalized spacial score (nSPS) is 11.4. The molecule has 0 aliphatic carbocycles. The van der Waals surface area contributed by atoms with Gasteiger partial charge in [-0.05, 0) is 6.92 Å². The van der Waals surface area contributed by atoms with Crippen molar-refractivity contribution < 1.29 is 29.1 Å². The van der Waals surface area contributed by atoms with E-state index in [1.54, 1.807) is 12.2 Å². The third-order valence-electron chi connectivity index (χ3n) is 0.542. The molecule has 6 nitrogen and oxygen atoms in total. The van der Waals surface area contributed by atoms with Crippen LogP contribution in [0, 0.1) is 0 Å². The highest BCUT2D eigenvalue weighted by atomic mass is 31.2. The molecule has 7 heteroatoms. The number of carbonyl (C=O) groups is 1. The van der Waals surface area contributed by atoms with Gasteiger partial charge in [-0.25, -0.2) is 9.36 Å². The molecule has 0 aliphatic rings. The van der Waals surface area contributed by atoms with E-state index < -0.39 is 13.8 Å². The van der Waals surface area contributed by atoms with Gasteiger partial charge in [-0.15, -0.1) is 0 Å². The van der Waals surface area contributed by atoms with Crippen LogP contribution in [0.4, 0.5) is 0 Å². The van der Waals surface area contributed by atoms with E-state index in [-0.39, 0.29) is 0 Å². The number of aliphatic carboxylic acids is 1. The Hall–Kier alpha value is -0.940. The summed E-state index contributed by atoms with van der Waals surface area (Å²) in [5, 5.41) is 8.02. The fourth-order valence-electron chi connectivity index (χ4n) is 0.249. The number of allylic oxidation sites excluding steroid dienone is 3. The molecule has 0 aromatic rings. The van der Waals surface area contributed by atoms with E-state index in [1.807, 2.05) is 6.92 Å². The molecule has 0 radical (unpaired) electrons. The lowest BCUT2D eigenvalue weighted by molar-refractivity contribution is -0.131. The van der Waals surface area contributed by atoms with Gasteiger partial charge in [-0.1, -0.05) is 18.2 Å².